The fourth-order valence-corrected chi connectivity index (χ4v) is 13.9. The van der Waals surface area contributed by atoms with E-state index in [-0.39, 0.29) is 12.8 Å². The lowest BCUT2D eigenvalue weighted by Crippen LogP contribution is -2.35. The van der Waals surface area contributed by atoms with Gasteiger partial charge in [-0.05, 0) is 215 Å². The topological polar surface area (TPSA) is 15.5 Å². The number of aromatic nitrogens is 4. The predicted octanol–water partition coefficient (Wildman–Crippen LogP) is 23.2. The van der Waals surface area contributed by atoms with E-state index in [0.29, 0.717) is 22.0 Å². The predicted molar refractivity (Wildman–Crippen MR) is 414 cm³/mol. The van der Waals surface area contributed by atoms with E-state index in [1.807, 2.05) is 62.6 Å². The van der Waals surface area contributed by atoms with Crippen molar-refractivity contribution in [3.05, 3.63) is 261 Å². The quantitative estimate of drug-likeness (QED) is 0.0958. The summed E-state index contributed by atoms with van der Waals surface area (Å²) >= 11 is 0. The van der Waals surface area contributed by atoms with E-state index < -0.39 is 23.2 Å². The van der Waals surface area contributed by atoms with Crippen molar-refractivity contribution in [1.29, 1.82) is 0 Å². The molecule has 0 fully saturated rings. The number of aryl methyl sites for hydroxylation is 11. The van der Waals surface area contributed by atoms with Crippen molar-refractivity contribution in [3.8, 4) is 45.0 Å². The van der Waals surface area contributed by atoms with Gasteiger partial charge in [-0.15, -0.1) is 0 Å². The molecule has 0 N–H and O–H groups in total. The third-order valence-corrected chi connectivity index (χ3v) is 20.1. The van der Waals surface area contributed by atoms with Crippen molar-refractivity contribution < 1.29 is 44.6 Å². The van der Waals surface area contributed by atoms with E-state index in [4.69, 9.17) is 0 Å². The van der Waals surface area contributed by atoms with Gasteiger partial charge in [0.2, 0.25) is 44.8 Å². The lowest BCUT2D eigenvalue weighted by Gasteiger charge is -2.27. The van der Waals surface area contributed by atoms with Crippen LogP contribution in [-0.4, -0.2) is 12.4 Å². The number of hydrogen-bond donors (Lipinski definition) is 0. The van der Waals surface area contributed by atoms with Crippen LogP contribution in [0.5, 0.6) is 0 Å². The molecule has 0 atom stereocenters. The molecular formula is C92H106F6N4+4. The first-order valence-corrected chi connectivity index (χ1v) is 35.6. The average Bonchev–Trinajstić information content (AvgIpc) is 0.793. The molecular weight excluding hydrogens is 1280 g/mol. The van der Waals surface area contributed by atoms with Crippen LogP contribution in [0.25, 0.3) is 88.6 Å². The highest BCUT2D eigenvalue weighted by molar-refractivity contribution is 5.82. The van der Waals surface area contributed by atoms with Gasteiger partial charge in [0.1, 0.15) is 28.2 Å². The molecule has 0 unspecified atom stereocenters. The fraction of sp³-hybridized carbons (Fsp3) is 0.348. The maximum absolute atomic E-state index is 13.3. The van der Waals surface area contributed by atoms with Crippen LogP contribution in [0.1, 0.15) is 136 Å². The molecule has 0 aliphatic rings. The fourth-order valence-electron chi connectivity index (χ4n) is 13.9. The molecule has 0 saturated heterocycles. The highest BCUT2D eigenvalue weighted by Crippen LogP contribution is 2.42. The van der Waals surface area contributed by atoms with Gasteiger partial charge < -0.3 is 0 Å². The minimum absolute atomic E-state index is 0.0406. The monoisotopic (exact) mass is 1380 g/mol. The Balaban J connectivity index is 0.000000158. The number of fused-ring (bicyclic) bond motifs is 4. The second-order valence-electron chi connectivity index (χ2n) is 32.5. The van der Waals surface area contributed by atoms with Crippen molar-refractivity contribution in [2.24, 2.45) is 49.9 Å². The standard InChI is InChI=1S/C24H30N.C23H25F3N.C23H28N.C22H23F3N/c1-16-12-17(2)18(3)21(13-16)23-11-9-20-14-19(15-24(4,5)6)8-10-22(20)25(23)7;1-15-6-7-16(2)19(12-15)20-11-10-18-9-8-17(13-21(18)27(20)5)14-22(3,4)23(24,25)26;1-16-7-8-17(2)20(13-16)22-12-10-19-14-18(15-23(3,4)5)9-11-21(19)24(22)6;1-15-7-5-6-8-18(15)19-12-11-17-10-9-16(13-20(17)26(19)4)14-21(2,3)22(23,24)25/h8-14H,15H2,1-7H3;6-13H,14H2,1-5H3;7-14H,15H2,1-6H3;5-13H,14H2,1-4H3/q4*+1. The zero-order valence-corrected chi connectivity index (χ0v) is 64.4. The first kappa shape index (κ1) is 77.1. The van der Waals surface area contributed by atoms with Gasteiger partial charge in [0.25, 0.3) is 0 Å². The molecule has 8 aromatic carbocycles. The van der Waals surface area contributed by atoms with Crippen LogP contribution in [0.2, 0.25) is 0 Å². The minimum Gasteiger partial charge on any atom is -0.194 e. The number of alkyl halides is 6. The van der Waals surface area contributed by atoms with E-state index in [9.17, 15) is 26.3 Å². The summed E-state index contributed by atoms with van der Waals surface area (Å²) in [6, 6.07) is 67.9. The molecule has 0 aliphatic heterocycles. The Morgan fingerprint density at radius 2 is 0.588 bits per heavy atom. The van der Waals surface area contributed by atoms with Crippen LogP contribution in [0.3, 0.4) is 0 Å². The Hall–Kier alpha value is -9.02. The molecule has 0 saturated carbocycles. The maximum Gasteiger partial charge on any atom is 0.394 e. The summed E-state index contributed by atoms with van der Waals surface area (Å²) < 4.78 is 88.3. The van der Waals surface area contributed by atoms with Crippen molar-refractivity contribution in [3.63, 3.8) is 0 Å². The largest absolute Gasteiger partial charge is 0.394 e. The molecule has 4 nitrogen and oxygen atoms in total. The normalized spacial score (nSPS) is 12.3. The summed E-state index contributed by atoms with van der Waals surface area (Å²) in [6.07, 6.45) is -6.34. The number of benzene rings is 8. The third kappa shape index (κ3) is 18.1. The second-order valence-corrected chi connectivity index (χ2v) is 32.5. The number of pyridine rings is 4. The number of rotatable bonds is 10. The lowest BCUT2D eigenvalue weighted by molar-refractivity contribution is -0.633. The number of nitrogens with zero attached hydrogens (tertiary/aromatic N) is 4. The van der Waals surface area contributed by atoms with E-state index in [1.165, 1.54) is 122 Å². The molecule has 102 heavy (non-hydrogen) atoms. The van der Waals surface area contributed by atoms with Crippen molar-refractivity contribution in [2.75, 3.05) is 0 Å². The molecule has 12 aromatic rings. The molecule has 4 heterocycles. The SMILES string of the molecule is Cc1cc(C)c(C)c(-c2ccc3cc(CC(C)(C)C)ccc3[n+]2C)c1.Cc1ccc(C)c(-c2ccc3cc(CC(C)(C)C)ccc3[n+]2C)c1.Cc1ccc(C)c(-c2ccc3ccc(CC(C)(C)C(F)(F)F)cc3[n+]2C)c1.Cc1ccccc1-c1ccc2ccc(CC(C)(C)C(F)(F)F)cc2[n+]1C. The molecule has 0 bridgehead atoms. The maximum atomic E-state index is 13.3. The zero-order valence-electron chi connectivity index (χ0n) is 64.4. The summed E-state index contributed by atoms with van der Waals surface area (Å²) in [5.74, 6) is 0. The van der Waals surface area contributed by atoms with E-state index in [2.05, 4.69) is 263 Å². The van der Waals surface area contributed by atoms with Crippen LogP contribution in [-0.2, 0) is 53.9 Å². The van der Waals surface area contributed by atoms with Crippen LogP contribution in [0, 0.1) is 77.0 Å². The Labute approximate surface area is 603 Å². The molecule has 532 valence electrons. The molecule has 0 aliphatic carbocycles. The van der Waals surface area contributed by atoms with Gasteiger partial charge in [-0.25, -0.2) is 0 Å². The highest BCUT2D eigenvalue weighted by Gasteiger charge is 2.48. The van der Waals surface area contributed by atoms with Crippen LogP contribution in [0.15, 0.2) is 194 Å². The third-order valence-electron chi connectivity index (χ3n) is 20.1. The summed E-state index contributed by atoms with van der Waals surface area (Å²) in [5, 5.41) is 4.65. The van der Waals surface area contributed by atoms with Gasteiger partial charge in [0.15, 0.2) is 0 Å². The van der Waals surface area contributed by atoms with E-state index in [1.54, 1.807) is 12.1 Å². The molecule has 10 heteroatoms. The van der Waals surface area contributed by atoms with Crippen molar-refractivity contribution in [2.45, 2.75) is 163 Å². The Morgan fingerprint density at radius 3 is 0.980 bits per heavy atom. The first-order valence-electron chi connectivity index (χ1n) is 35.6. The number of hydrogen-bond acceptors (Lipinski definition) is 0. The highest BCUT2D eigenvalue weighted by atomic mass is 19.4. The smallest absolute Gasteiger partial charge is 0.194 e. The summed E-state index contributed by atoms with van der Waals surface area (Å²) in [5.41, 5.74) is 25.5. The minimum atomic E-state index is -4.23. The molecule has 4 aromatic heterocycles. The first-order chi connectivity index (χ1) is 47.5. The zero-order chi connectivity index (χ0) is 74.9. The van der Waals surface area contributed by atoms with Crippen molar-refractivity contribution >= 4 is 43.6 Å². The second kappa shape index (κ2) is 30.1. The van der Waals surface area contributed by atoms with Gasteiger partial charge >= 0.3 is 12.4 Å². The van der Waals surface area contributed by atoms with Crippen molar-refractivity contribution in [1.82, 2.24) is 0 Å². The van der Waals surface area contributed by atoms with Crippen LogP contribution in [0.4, 0.5) is 26.3 Å². The molecule has 0 radical (unpaired) electrons. The summed E-state index contributed by atoms with van der Waals surface area (Å²) in [7, 11) is 8.28. The van der Waals surface area contributed by atoms with E-state index >= 15 is 0 Å². The Kier molecular flexibility index (Phi) is 22.8. The van der Waals surface area contributed by atoms with Crippen LogP contribution >= 0.6 is 0 Å². The lowest BCUT2D eigenvalue weighted by atomic mass is 9.85. The molecule has 12 rings (SSSR count). The van der Waals surface area contributed by atoms with Gasteiger partial charge in [-0.1, -0.05) is 159 Å². The van der Waals surface area contributed by atoms with E-state index in [0.717, 1.165) is 62.7 Å². The van der Waals surface area contributed by atoms with Gasteiger partial charge in [0, 0.05) is 92.3 Å². The number of halogens is 6. The Bertz CT molecular complexity index is 5070. The van der Waals surface area contributed by atoms with Gasteiger partial charge in [0.05, 0.1) is 10.8 Å². The average molecular weight is 1380 g/mol. The summed E-state index contributed by atoms with van der Waals surface area (Å²) in [6.45, 7) is 35.9. The van der Waals surface area contributed by atoms with Gasteiger partial charge in [-0.3, -0.25) is 0 Å². The van der Waals surface area contributed by atoms with Crippen LogP contribution < -0.4 is 18.3 Å². The Morgan fingerprint density at radius 1 is 0.265 bits per heavy atom. The molecule has 0 spiro atoms. The molecule has 0 amide bonds. The van der Waals surface area contributed by atoms with Gasteiger partial charge in [-0.2, -0.15) is 44.6 Å². The summed E-state index contributed by atoms with van der Waals surface area (Å²) in [4.78, 5) is 0.